The van der Waals surface area contributed by atoms with Crippen molar-refractivity contribution in [2.45, 2.75) is 13.0 Å². The van der Waals surface area contributed by atoms with Crippen LogP contribution >= 0.6 is 0 Å². The van der Waals surface area contributed by atoms with E-state index in [9.17, 15) is 14.0 Å². The number of anilines is 1. The summed E-state index contributed by atoms with van der Waals surface area (Å²) in [4.78, 5) is 4.22. The molecule has 0 saturated carbocycles. The number of hydrogen-bond donors (Lipinski definition) is 1. The number of halogens is 2. The minimum Gasteiger partial charge on any atom is -0.356 e. The lowest BCUT2D eigenvalue weighted by Gasteiger charge is -2.15. The maximum Gasteiger partial charge on any atom is 0.204 e. The second-order valence-electron chi connectivity index (χ2n) is 4.30. The first kappa shape index (κ1) is 11.7. The van der Waals surface area contributed by atoms with Gasteiger partial charge in [0.05, 0.1) is 0 Å². The third kappa shape index (κ3) is 1.83. The summed E-state index contributed by atoms with van der Waals surface area (Å²) in [5.74, 6) is -0.617. The average molecular weight is 260 g/mol. The second kappa shape index (κ2) is 4.35. The summed E-state index contributed by atoms with van der Waals surface area (Å²) in [6.07, 6.45) is 0.864. The first-order valence-corrected chi connectivity index (χ1v) is 5.90. The highest BCUT2D eigenvalue weighted by Crippen LogP contribution is 2.30. The molecule has 6 heteroatoms. The van der Waals surface area contributed by atoms with E-state index < -0.39 is 11.6 Å². The van der Waals surface area contributed by atoms with Gasteiger partial charge >= 0.3 is 0 Å². The molecule has 2 aromatic rings. The molecule has 1 aliphatic rings. The summed E-state index contributed by atoms with van der Waals surface area (Å²) in [7, 11) is 0. The molecule has 0 radical (unpaired) electrons. The van der Waals surface area contributed by atoms with E-state index in [1.165, 1.54) is 0 Å². The van der Waals surface area contributed by atoms with E-state index in [0.29, 0.717) is 12.5 Å². The van der Waals surface area contributed by atoms with E-state index in [1.807, 2.05) is 6.07 Å². The number of nitriles is 1. The average Bonchev–Trinajstić information content (AvgIpc) is 2.79. The molecular formula is C13H10F2N4. The van der Waals surface area contributed by atoms with E-state index >= 15 is 0 Å². The highest BCUT2D eigenvalue weighted by Gasteiger charge is 2.22. The SMILES string of the molecule is N#Cc1c(-c2cc(F)ccc2F)nc2n1CCCN2. The zero-order valence-electron chi connectivity index (χ0n) is 9.95. The molecule has 2 heterocycles. The van der Waals surface area contributed by atoms with Crippen LogP contribution in [0.4, 0.5) is 14.7 Å². The van der Waals surface area contributed by atoms with Crippen molar-refractivity contribution in [1.29, 1.82) is 5.26 Å². The van der Waals surface area contributed by atoms with Crippen molar-refractivity contribution in [3.05, 3.63) is 35.5 Å². The summed E-state index contributed by atoms with van der Waals surface area (Å²) in [5, 5.41) is 12.3. The Bertz CT molecular complexity index is 685. The molecular weight excluding hydrogens is 250 g/mol. The fourth-order valence-corrected chi connectivity index (χ4v) is 2.22. The molecule has 0 fully saturated rings. The topological polar surface area (TPSA) is 53.6 Å². The first-order chi connectivity index (χ1) is 9.20. The standard InChI is InChI=1S/C13H10F2N4/c14-8-2-3-10(15)9(6-8)12-11(7-16)19-5-1-4-17-13(19)18-12/h2-3,6H,1,4-5H2,(H,17,18). The fourth-order valence-electron chi connectivity index (χ4n) is 2.22. The highest BCUT2D eigenvalue weighted by molar-refractivity contribution is 5.68. The van der Waals surface area contributed by atoms with Crippen LogP contribution in [0.3, 0.4) is 0 Å². The number of aromatic nitrogens is 2. The van der Waals surface area contributed by atoms with E-state index in [-0.39, 0.29) is 17.0 Å². The zero-order chi connectivity index (χ0) is 13.4. The molecule has 0 spiro atoms. The van der Waals surface area contributed by atoms with Crippen LogP contribution in [0.15, 0.2) is 18.2 Å². The molecule has 3 rings (SSSR count). The Balaban J connectivity index is 2.23. The number of benzene rings is 1. The second-order valence-corrected chi connectivity index (χ2v) is 4.30. The number of rotatable bonds is 1. The molecule has 0 aliphatic carbocycles. The summed E-state index contributed by atoms with van der Waals surface area (Å²) in [6.45, 7) is 1.40. The van der Waals surface area contributed by atoms with Gasteiger partial charge in [0, 0.05) is 18.7 Å². The molecule has 1 aromatic carbocycles. The lowest BCUT2D eigenvalue weighted by molar-refractivity contribution is 0.602. The molecule has 4 nitrogen and oxygen atoms in total. The van der Waals surface area contributed by atoms with Crippen molar-refractivity contribution in [2.24, 2.45) is 0 Å². The molecule has 1 aromatic heterocycles. The smallest absolute Gasteiger partial charge is 0.204 e. The Kier molecular flexibility index (Phi) is 2.67. The van der Waals surface area contributed by atoms with Gasteiger partial charge < -0.3 is 9.88 Å². The molecule has 96 valence electrons. The Morgan fingerprint density at radius 2 is 2.21 bits per heavy atom. The quantitative estimate of drug-likeness (QED) is 0.857. The molecule has 0 bridgehead atoms. The van der Waals surface area contributed by atoms with Crippen molar-refractivity contribution in [3.63, 3.8) is 0 Å². The number of imidazole rings is 1. The predicted molar refractivity (Wildman–Crippen MR) is 65.4 cm³/mol. The normalized spacial score (nSPS) is 13.5. The van der Waals surface area contributed by atoms with Crippen LogP contribution in [0, 0.1) is 23.0 Å². The van der Waals surface area contributed by atoms with E-state index in [2.05, 4.69) is 10.3 Å². The van der Waals surface area contributed by atoms with Crippen LogP contribution in [0.2, 0.25) is 0 Å². The van der Waals surface area contributed by atoms with Gasteiger partial charge in [-0.1, -0.05) is 0 Å². The molecule has 0 atom stereocenters. The third-order valence-corrected chi connectivity index (χ3v) is 3.10. The summed E-state index contributed by atoms with van der Waals surface area (Å²) in [5.41, 5.74) is 0.454. The largest absolute Gasteiger partial charge is 0.356 e. The van der Waals surface area contributed by atoms with Crippen LogP contribution < -0.4 is 5.32 Å². The van der Waals surface area contributed by atoms with Gasteiger partial charge in [0.2, 0.25) is 5.95 Å². The van der Waals surface area contributed by atoms with Crippen LogP contribution in [0.1, 0.15) is 12.1 Å². The summed E-state index contributed by atoms with van der Waals surface area (Å²) in [6, 6.07) is 5.16. The van der Waals surface area contributed by atoms with Crippen molar-refractivity contribution in [3.8, 4) is 17.3 Å². The summed E-state index contributed by atoms with van der Waals surface area (Å²) < 4.78 is 28.7. The van der Waals surface area contributed by atoms with Crippen molar-refractivity contribution < 1.29 is 8.78 Å². The van der Waals surface area contributed by atoms with Crippen molar-refractivity contribution in [1.82, 2.24) is 9.55 Å². The lowest BCUT2D eigenvalue weighted by Crippen LogP contribution is -2.18. The minimum absolute atomic E-state index is 0.0141. The van der Waals surface area contributed by atoms with Gasteiger partial charge in [-0.2, -0.15) is 5.26 Å². The van der Waals surface area contributed by atoms with Crippen molar-refractivity contribution >= 4 is 5.95 Å². The zero-order valence-corrected chi connectivity index (χ0v) is 9.95. The van der Waals surface area contributed by atoms with Gasteiger partial charge in [-0.15, -0.1) is 0 Å². The van der Waals surface area contributed by atoms with Crippen LogP contribution in [-0.2, 0) is 6.54 Å². The molecule has 0 saturated heterocycles. The maximum atomic E-state index is 13.8. The highest BCUT2D eigenvalue weighted by atomic mass is 19.1. The monoisotopic (exact) mass is 260 g/mol. The van der Waals surface area contributed by atoms with Gasteiger partial charge in [0.25, 0.3) is 0 Å². The van der Waals surface area contributed by atoms with Gasteiger partial charge in [-0.3, -0.25) is 0 Å². The van der Waals surface area contributed by atoms with Crippen LogP contribution in [0.25, 0.3) is 11.3 Å². The number of nitrogens with zero attached hydrogens (tertiary/aromatic N) is 3. The van der Waals surface area contributed by atoms with Crippen molar-refractivity contribution in [2.75, 3.05) is 11.9 Å². The van der Waals surface area contributed by atoms with E-state index in [1.54, 1.807) is 4.57 Å². The fraction of sp³-hybridized carbons (Fsp3) is 0.231. The minimum atomic E-state index is -0.589. The maximum absolute atomic E-state index is 13.8. The molecule has 1 N–H and O–H groups in total. The molecule has 19 heavy (non-hydrogen) atoms. The number of fused-ring (bicyclic) bond motifs is 1. The van der Waals surface area contributed by atoms with Gasteiger partial charge in [-0.25, -0.2) is 13.8 Å². The van der Waals surface area contributed by atoms with Crippen LogP contribution in [0.5, 0.6) is 0 Å². The third-order valence-electron chi connectivity index (χ3n) is 3.10. The Morgan fingerprint density at radius 1 is 1.37 bits per heavy atom. The van der Waals surface area contributed by atoms with Crippen LogP contribution in [-0.4, -0.2) is 16.1 Å². The molecule has 0 unspecified atom stereocenters. The molecule has 1 aliphatic heterocycles. The first-order valence-electron chi connectivity index (χ1n) is 5.90. The van der Waals surface area contributed by atoms with Gasteiger partial charge in [0.15, 0.2) is 0 Å². The number of nitrogens with one attached hydrogen (secondary N) is 1. The van der Waals surface area contributed by atoms with Gasteiger partial charge in [-0.05, 0) is 24.6 Å². The predicted octanol–water partition coefficient (Wildman–Crippen LogP) is 2.52. The Morgan fingerprint density at radius 3 is 3.00 bits per heavy atom. The summed E-state index contributed by atoms with van der Waals surface area (Å²) >= 11 is 0. The lowest BCUT2D eigenvalue weighted by atomic mass is 10.1. The van der Waals surface area contributed by atoms with E-state index in [0.717, 1.165) is 31.2 Å². The van der Waals surface area contributed by atoms with Gasteiger partial charge in [0.1, 0.15) is 29.1 Å². The molecule has 0 amide bonds. The Labute approximate surface area is 108 Å². The van der Waals surface area contributed by atoms with E-state index in [4.69, 9.17) is 0 Å². The Hall–Kier alpha value is -2.42. The number of hydrogen-bond acceptors (Lipinski definition) is 3.